The number of rotatable bonds is 9. The van der Waals surface area contributed by atoms with Crippen LogP contribution in [-0.4, -0.2) is 40.8 Å². The summed E-state index contributed by atoms with van der Waals surface area (Å²) in [6.07, 6.45) is 0.229. The van der Waals surface area contributed by atoms with Crippen LogP contribution in [0.3, 0.4) is 0 Å². The molecule has 2 aromatic rings. The van der Waals surface area contributed by atoms with E-state index in [9.17, 15) is 19.5 Å². The number of benzene rings is 2. The number of hydrogen-bond acceptors (Lipinski definition) is 4. The van der Waals surface area contributed by atoms with Crippen LogP contribution in [0, 0.1) is 0 Å². The molecular weight excluding hydrogens is 420 g/mol. The average Bonchev–Trinajstić information content (AvgIpc) is 3.05. The second-order valence-corrected chi connectivity index (χ2v) is 9.45. The zero-order chi connectivity index (χ0) is 24.2. The lowest BCUT2D eigenvalue weighted by Crippen LogP contribution is -2.55. The van der Waals surface area contributed by atoms with Gasteiger partial charge in [0.1, 0.15) is 12.1 Å². The minimum absolute atomic E-state index is 0.0557. The molecule has 1 atom stereocenters. The first kappa shape index (κ1) is 24.3. The van der Waals surface area contributed by atoms with Gasteiger partial charge in [0.05, 0.1) is 0 Å². The van der Waals surface area contributed by atoms with Crippen molar-refractivity contribution in [1.82, 2.24) is 10.6 Å². The van der Waals surface area contributed by atoms with E-state index in [0.717, 1.165) is 22.3 Å². The smallest absolute Gasteiger partial charge is 0.407 e. The van der Waals surface area contributed by atoms with Gasteiger partial charge in [-0.15, -0.1) is 0 Å². The van der Waals surface area contributed by atoms with Crippen LogP contribution in [0.15, 0.2) is 48.5 Å². The molecule has 2 aromatic carbocycles. The van der Waals surface area contributed by atoms with E-state index in [1.165, 1.54) is 6.92 Å². The van der Waals surface area contributed by atoms with E-state index in [4.69, 9.17) is 4.74 Å². The number of amides is 2. The van der Waals surface area contributed by atoms with E-state index >= 15 is 0 Å². The molecule has 0 spiro atoms. The zero-order valence-electron chi connectivity index (χ0n) is 19.6. The highest BCUT2D eigenvalue weighted by Gasteiger charge is 2.36. The molecule has 0 saturated carbocycles. The van der Waals surface area contributed by atoms with E-state index in [2.05, 4.69) is 22.8 Å². The molecule has 33 heavy (non-hydrogen) atoms. The standard InChI is InChI=1S/C26H32N2O5/c1-5-14-26(4,23(30)31)27-22(29)15-25(2,3)28-24(32)33-16-21-19-12-8-6-10-17(19)18-11-7-9-13-20(18)21/h6-13,21H,5,14-16H2,1-4H3,(H,27,29)(H,28,32)(H,30,31). The molecule has 1 unspecified atom stereocenters. The molecule has 3 N–H and O–H groups in total. The molecule has 2 amide bonds. The van der Waals surface area contributed by atoms with Crippen molar-refractivity contribution in [1.29, 1.82) is 0 Å². The predicted octanol–water partition coefficient (Wildman–Crippen LogP) is 4.45. The average molecular weight is 453 g/mol. The van der Waals surface area contributed by atoms with Crippen molar-refractivity contribution in [3.05, 3.63) is 59.7 Å². The molecule has 1 aliphatic rings. The van der Waals surface area contributed by atoms with Crippen molar-refractivity contribution in [2.75, 3.05) is 6.61 Å². The Labute approximate surface area is 194 Å². The Bertz CT molecular complexity index is 1000. The molecule has 7 heteroatoms. The van der Waals surface area contributed by atoms with Gasteiger partial charge in [0.15, 0.2) is 0 Å². The number of alkyl carbamates (subject to hydrolysis) is 1. The van der Waals surface area contributed by atoms with Crippen molar-refractivity contribution >= 4 is 18.0 Å². The number of carboxylic acid groups (broad SMARTS) is 1. The summed E-state index contributed by atoms with van der Waals surface area (Å²) in [6, 6.07) is 16.2. The summed E-state index contributed by atoms with van der Waals surface area (Å²) < 4.78 is 5.56. The number of hydrogen-bond donors (Lipinski definition) is 3. The second-order valence-electron chi connectivity index (χ2n) is 9.45. The van der Waals surface area contributed by atoms with Gasteiger partial charge in [-0.1, -0.05) is 61.9 Å². The van der Waals surface area contributed by atoms with Gasteiger partial charge in [-0.05, 0) is 49.4 Å². The highest BCUT2D eigenvalue weighted by atomic mass is 16.5. The van der Waals surface area contributed by atoms with Crippen LogP contribution in [0.2, 0.25) is 0 Å². The van der Waals surface area contributed by atoms with Gasteiger partial charge in [0, 0.05) is 17.9 Å². The van der Waals surface area contributed by atoms with Crippen molar-refractivity contribution < 1.29 is 24.2 Å². The number of carbonyl (C=O) groups is 3. The van der Waals surface area contributed by atoms with E-state index in [0.29, 0.717) is 12.8 Å². The van der Waals surface area contributed by atoms with Gasteiger partial charge in [0.25, 0.3) is 0 Å². The third-order valence-corrected chi connectivity index (χ3v) is 6.02. The molecule has 0 heterocycles. The summed E-state index contributed by atoms with van der Waals surface area (Å²) in [4.78, 5) is 36.6. The fraction of sp³-hybridized carbons (Fsp3) is 0.423. The summed E-state index contributed by atoms with van der Waals surface area (Å²) in [6.45, 7) is 6.92. The van der Waals surface area contributed by atoms with E-state index < -0.39 is 29.0 Å². The first-order valence-corrected chi connectivity index (χ1v) is 11.2. The third-order valence-electron chi connectivity index (χ3n) is 6.02. The lowest BCUT2D eigenvalue weighted by molar-refractivity contribution is -0.147. The summed E-state index contributed by atoms with van der Waals surface area (Å²) >= 11 is 0. The second kappa shape index (κ2) is 9.65. The Balaban J connectivity index is 1.59. The number of nitrogens with one attached hydrogen (secondary N) is 2. The van der Waals surface area contributed by atoms with E-state index in [-0.39, 0.29) is 18.9 Å². The molecule has 7 nitrogen and oxygen atoms in total. The van der Waals surface area contributed by atoms with Gasteiger partial charge in [0.2, 0.25) is 5.91 Å². The topological polar surface area (TPSA) is 105 Å². The number of fused-ring (bicyclic) bond motifs is 3. The van der Waals surface area contributed by atoms with Crippen LogP contribution in [0.5, 0.6) is 0 Å². The maximum Gasteiger partial charge on any atom is 0.407 e. The number of carbonyl (C=O) groups excluding carboxylic acids is 2. The number of ether oxygens (including phenoxy) is 1. The van der Waals surface area contributed by atoms with E-state index in [1.807, 2.05) is 43.3 Å². The Morgan fingerprint density at radius 2 is 1.48 bits per heavy atom. The summed E-state index contributed by atoms with van der Waals surface area (Å²) in [7, 11) is 0. The van der Waals surface area contributed by atoms with Crippen LogP contribution < -0.4 is 10.6 Å². The first-order chi connectivity index (χ1) is 15.6. The van der Waals surface area contributed by atoms with Gasteiger partial charge in [-0.3, -0.25) is 4.79 Å². The molecule has 0 radical (unpaired) electrons. The largest absolute Gasteiger partial charge is 0.480 e. The number of aliphatic carboxylic acids is 1. The lowest BCUT2D eigenvalue weighted by atomic mass is 9.94. The molecule has 0 aromatic heterocycles. The van der Waals surface area contributed by atoms with Crippen LogP contribution in [0.4, 0.5) is 4.79 Å². The molecule has 0 bridgehead atoms. The van der Waals surface area contributed by atoms with Gasteiger partial charge in [-0.2, -0.15) is 0 Å². The molecule has 176 valence electrons. The minimum Gasteiger partial charge on any atom is -0.480 e. The van der Waals surface area contributed by atoms with Crippen LogP contribution in [0.25, 0.3) is 11.1 Å². The molecule has 0 saturated heterocycles. The quantitative estimate of drug-likeness (QED) is 0.521. The minimum atomic E-state index is -1.34. The van der Waals surface area contributed by atoms with Crippen LogP contribution in [-0.2, 0) is 14.3 Å². The monoisotopic (exact) mass is 452 g/mol. The van der Waals surface area contributed by atoms with Crippen molar-refractivity contribution in [2.45, 2.75) is 64.0 Å². The SMILES string of the molecule is CCCC(C)(NC(=O)CC(C)(C)NC(=O)OCC1c2ccccc2-c2ccccc21)C(=O)O. The summed E-state index contributed by atoms with van der Waals surface area (Å²) in [5.74, 6) is -1.59. The highest BCUT2D eigenvalue weighted by Crippen LogP contribution is 2.44. The Morgan fingerprint density at radius 1 is 0.939 bits per heavy atom. The van der Waals surface area contributed by atoms with Crippen molar-refractivity contribution in [2.24, 2.45) is 0 Å². The van der Waals surface area contributed by atoms with E-state index in [1.54, 1.807) is 13.8 Å². The lowest BCUT2D eigenvalue weighted by Gasteiger charge is -2.30. The first-order valence-electron chi connectivity index (χ1n) is 11.2. The molecular formula is C26H32N2O5. The molecule has 1 aliphatic carbocycles. The Kier molecular flexibility index (Phi) is 7.10. The fourth-order valence-electron chi connectivity index (χ4n) is 4.43. The molecule has 3 rings (SSSR count). The summed E-state index contributed by atoms with van der Waals surface area (Å²) in [5, 5.41) is 14.8. The van der Waals surface area contributed by atoms with Crippen LogP contribution in [0.1, 0.15) is 64.0 Å². The maximum absolute atomic E-state index is 12.6. The van der Waals surface area contributed by atoms with Gasteiger partial charge in [-0.25, -0.2) is 9.59 Å². The summed E-state index contributed by atoms with van der Waals surface area (Å²) in [5.41, 5.74) is 2.27. The highest BCUT2D eigenvalue weighted by molar-refractivity contribution is 5.87. The van der Waals surface area contributed by atoms with Crippen molar-refractivity contribution in [3.63, 3.8) is 0 Å². The number of carboxylic acids is 1. The van der Waals surface area contributed by atoms with Gasteiger partial charge < -0.3 is 20.5 Å². The van der Waals surface area contributed by atoms with Gasteiger partial charge >= 0.3 is 12.1 Å². The maximum atomic E-state index is 12.6. The van der Waals surface area contributed by atoms with Crippen molar-refractivity contribution in [3.8, 4) is 11.1 Å². The predicted molar refractivity (Wildman–Crippen MR) is 126 cm³/mol. The molecule has 0 fully saturated rings. The Morgan fingerprint density at radius 3 is 2.00 bits per heavy atom. The van der Waals surface area contributed by atoms with Crippen LogP contribution >= 0.6 is 0 Å². The molecule has 0 aliphatic heterocycles. The third kappa shape index (κ3) is 5.53. The normalized spacial score (nSPS) is 14.5. The fourth-order valence-corrected chi connectivity index (χ4v) is 4.43. The zero-order valence-corrected chi connectivity index (χ0v) is 19.6. The Hall–Kier alpha value is -3.35.